The summed E-state index contributed by atoms with van der Waals surface area (Å²) in [7, 11) is 0. The molecule has 1 heterocycles. The van der Waals surface area contributed by atoms with Gasteiger partial charge in [0.1, 0.15) is 0 Å². The van der Waals surface area contributed by atoms with Crippen LogP contribution in [0.2, 0.25) is 5.02 Å². The molecular formula is C17H21ClN2. The second kappa shape index (κ2) is 6.11. The van der Waals surface area contributed by atoms with Crippen molar-refractivity contribution in [3.8, 4) is 0 Å². The minimum absolute atomic E-state index is 0.798. The highest BCUT2D eigenvalue weighted by Crippen LogP contribution is 2.31. The van der Waals surface area contributed by atoms with Crippen LogP contribution in [-0.4, -0.2) is 11.5 Å². The third kappa shape index (κ3) is 2.68. The average molecular weight is 289 g/mol. The Labute approximate surface area is 125 Å². The van der Waals surface area contributed by atoms with Crippen molar-refractivity contribution in [3.05, 3.63) is 40.0 Å². The maximum absolute atomic E-state index is 6.18. The Hall–Kier alpha value is -1.12. The van der Waals surface area contributed by atoms with Crippen molar-refractivity contribution in [1.29, 1.82) is 0 Å². The lowest BCUT2D eigenvalue weighted by atomic mass is 10.0. The highest BCUT2D eigenvalue weighted by Gasteiger charge is 2.19. The molecule has 20 heavy (non-hydrogen) atoms. The molecule has 0 aliphatic heterocycles. The second-order valence-corrected chi connectivity index (χ2v) is 6.00. The predicted molar refractivity (Wildman–Crippen MR) is 85.4 cm³/mol. The number of aromatic nitrogens is 1. The Balaban J connectivity index is 2.00. The van der Waals surface area contributed by atoms with E-state index in [1.54, 1.807) is 0 Å². The number of pyridine rings is 1. The molecule has 1 aromatic heterocycles. The maximum atomic E-state index is 6.18. The first-order valence-corrected chi connectivity index (χ1v) is 7.98. The average Bonchev–Trinajstić information content (AvgIpc) is 2.91. The molecule has 2 nitrogen and oxygen atoms in total. The number of nitrogens with zero attached hydrogens (tertiary/aromatic N) is 1. The summed E-state index contributed by atoms with van der Waals surface area (Å²) in [5.41, 5.74) is 5.26. The van der Waals surface area contributed by atoms with Crippen molar-refractivity contribution >= 4 is 22.5 Å². The van der Waals surface area contributed by atoms with E-state index in [1.165, 1.54) is 41.5 Å². The van der Waals surface area contributed by atoms with Crippen LogP contribution >= 0.6 is 11.6 Å². The number of fused-ring (bicyclic) bond motifs is 2. The van der Waals surface area contributed by atoms with Crippen LogP contribution in [0.3, 0.4) is 0 Å². The molecule has 1 aliphatic rings. The van der Waals surface area contributed by atoms with Gasteiger partial charge in [-0.15, -0.1) is 0 Å². The van der Waals surface area contributed by atoms with Gasteiger partial charge in [0, 0.05) is 22.6 Å². The summed E-state index contributed by atoms with van der Waals surface area (Å²) in [5, 5.41) is 5.60. The minimum atomic E-state index is 0.798. The Morgan fingerprint density at radius 1 is 1.30 bits per heavy atom. The van der Waals surface area contributed by atoms with Gasteiger partial charge in [-0.1, -0.05) is 24.9 Å². The second-order valence-electron chi connectivity index (χ2n) is 5.56. The van der Waals surface area contributed by atoms with E-state index in [1.807, 2.05) is 12.1 Å². The Morgan fingerprint density at radius 2 is 2.20 bits per heavy atom. The molecule has 1 aromatic carbocycles. The zero-order chi connectivity index (χ0) is 13.9. The molecule has 0 unspecified atom stereocenters. The monoisotopic (exact) mass is 288 g/mol. The number of benzene rings is 1. The molecule has 0 fully saturated rings. The summed E-state index contributed by atoms with van der Waals surface area (Å²) >= 11 is 6.18. The molecule has 0 saturated heterocycles. The van der Waals surface area contributed by atoms with Crippen molar-refractivity contribution in [1.82, 2.24) is 10.3 Å². The van der Waals surface area contributed by atoms with Crippen LogP contribution < -0.4 is 5.32 Å². The van der Waals surface area contributed by atoms with Crippen LogP contribution in [0.25, 0.3) is 10.9 Å². The Kier molecular flexibility index (Phi) is 4.23. The third-order valence-electron chi connectivity index (χ3n) is 4.10. The van der Waals surface area contributed by atoms with Gasteiger partial charge in [-0.2, -0.15) is 0 Å². The van der Waals surface area contributed by atoms with Gasteiger partial charge in [0.15, 0.2) is 0 Å². The smallest absolute Gasteiger partial charge is 0.0709 e. The topological polar surface area (TPSA) is 24.9 Å². The summed E-state index contributed by atoms with van der Waals surface area (Å²) in [6, 6.07) is 6.05. The van der Waals surface area contributed by atoms with E-state index in [2.05, 4.69) is 18.3 Å². The summed E-state index contributed by atoms with van der Waals surface area (Å²) in [4.78, 5) is 4.82. The predicted octanol–water partition coefficient (Wildman–Crippen LogP) is 4.27. The zero-order valence-corrected chi connectivity index (χ0v) is 12.8. The van der Waals surface area contributed by atoms with Crippen molar-refractivity contribution < 1.29 is 0 Å². The standard InChI is InChI=1S/C17H21ClN2/c1-2-3-9-19-11-15-13-5-4-6-16(13)20-17-8-7-12(18)10-14(15)17/h7-8,10,19H,2-6,9,11H2,1H3. The number of hydrogen-bond donors (Lipinski definition) is 1. The molecule has 0 saturated carbocycles. The summed E-state index contributed by atoms with van der Waals surface area (Å²) < 4.78 is 0. The van der Waals surface area contributed by atoms with Crippen LogP contribution in [0, 0.1) is 0 Å². The molecular weight excluding hydrogens is 268 g/mol. The van der Waals surface area contributed by atoms with Gasteiger partial charge in [0.25, 0.3) is 0 Å². The number of hydrogen-bond acceptors (Lipinski definition) is 2. The van der Waals surface area contributed by atoms with Gasteiger partial charge in [-0.3, -0.25) is 4.98 Å². The van der Waals surface area contributed by atoms with Gasteiger partial charge in [-0.05, 0) is 61.6 Å². The normalized spacial score (nSPS) is 13.9. The summed E-state index contributed by atoms with van der Waals surface area (Å²) in [6.45, 7) is 4.23. The number of halogens is 1. The van der Waals surface area contributed by atoms with Gasteiger partial charge in [0.2, 0.25) is 0 Å². The minimum Gasteiger partial charge on any atom is -0.313 e. The van der Waals surface area contributed by atoms with Crippen LogP contribution in [0.4, 0.5) is 0 Å². The zero-order valence-electron chi connectivity index (χ0n) is 12.0. The molecule has 3 heteroatoms. The molecule has 0 bridgehead atoms. The molecule has 106 valence electrons. The summed E-state index contributed by atoms with van der Waals surface area (Å²) in [5.74, 6) is 0. The fraction of sp³-hybridized carbons (Fsp3) is 0.471. The molecule has 1 N–H and O–H groups in total. The molecule has 0 atom stereocenters. The Morgan fingerprint density at radius 3 is 3.05 bits per heavy atom. The molecule has 0 amide bonds. The van der Waals surface area contributed by atoms with Gasteiger partial charge < -0.3 is 5.32 Å². The van der Waals surface area contributed by atoms with E-state index in [0.717, 1.165) is 36.5 Å². The van der Waals surface area contributed by atoms with Crippen LogP contribution in [-0.2, 0) is 19.4 Å². The lowest BCUT2D eigenvalue weighted by Gasteiger charge is -2.13. The van der Waals surface area contributed by atoms with E-state index in [-0.39, 0.29) is 0 Å². The molecule has 1 aliphatic carbocycles. The SMILES string of the molecule is CCCCNCc1c2c(nc3ccc(Cl)cc13)CCC2. The van der Waals surface area contributed by atoms with Crippen molar-refractivity contribution in [3.63, 3.8) is 0 Å². The fourth-order valence-corrected chi connectivity index (χ4v) is 3.22. The molecule has 2 aromatic rings. The molecule has 0 spiro atoms. The fourth-order valence-electron chi connectivity index (χ4n) is 3.05. The number of unbranched alkanes of at least 4 members (excludes halogenated alkanes) is 1. The van der Waals surface area contributed by atoms with Crippen LogP contribution in [0.1, 0.15) is 43.0 Å². The van der Waals surface area contributed by atoms with E-state index < -0.39 is 0 Å². The highest BCUT2D eigenvalue weighted by atomic mass is 35.5. The first-order chi connectivity index (χ1) is 9.79. The van der Waals surface area contributed by atoms with Gasteiger partial charge in [-0.25, -0.2) is 0 Å². The van der Waals surface area contributed by atoms with Crippen molar-refractivity contribution in [2.45, 2.75) is 45.6 Å². The summed E-state index contributed by atoms with van der Waals surface area (Å²) in [6.07, 6.45) is 5.97. The number of nitrogens with one attached hydrogen (secondary N) is 1. The van der Waals surface area contributed by atoms with Crippen molar-refractivity contribution in [2.24, 2.45) is 0 Å². The largest absolute Gasteiger partial charge is 0.313 e. The van der Waals surface area contributed by atoms with Gasteiger partial charge in [0.05, 0.1) is 5.52 Å². The Bertz CT molecular complexity index is 622. The van der Waals surface area contributed by atoms with E-state index >= 15 is 0 Å². The molecule has 3 rings (SSSR count). The highest BCUT2D eigenvalue weighted by molar-refractivity contribution is 6.31. The lowest BCUT2D eigenvalue weighted by molar-refractivity contribution is 0.640. The van der Waals surface area contributed by atoms with Crippen molar-refractivity contribution in [2.75, 3.05) is 6.54 Å². The van der Waals surface area contributed by atoms with E-state index in [9.17, 15) is 0 Å². The first kappa shape index (κ1) is 13.8. The molecule has 0 radical (unpaired) electrons. The lowest BCUT2D eigenvalue weighted by Crippen LogP contribution is -2.16. The van der Waals surface area contributed by atoms with Gasteiger partial charge >= 0.3 is 0 Å². The number of rotatable bonds is 5. The van der Waals surface area contributed by atoms with E-state index in [0.29, 0.717) is 0 Å². The first-order valence-electron chi connectivity index (χ1n) is 7.60. The van der Waals surface area contributed by atoms with E-state index in [4.69, 9.17) is 16.6 Å². The van der Waals surface area contributed by atoms with Crippen LogP contribution in [0.15, 0.2) is 18.2 Å². The number of aryl methyl sites for hydroxylation is 1. The van der Waals surface area contributed by atoms with Crippen LogP contribution in [0.5, 0.6) is 0 Å². The quantitative estimate of drug-likeness (QED) is 0.831. The maximum Gasteiger partial charge on any atom is 0.0709 e. The third-order valence-corrected chi connectivity index (χ3v) is 4.34.